The smallest absolute Gasteiger partial charge is 0.156 e. The maximum Gasteiger partial charge on any atom is 0.156 e. The van der Waals surface area contributed by atoms with E-state index in [0.29, 0.717) is 11.5 Å². The van der Waals surface area contributed by atoms with Crippen LogP contribution < -0.4 is 0 Å². The first-order valence-corrected chi connectivity index (χ1v) is 10.8. The van der Waals surface area contributed by atoms with Crippen LogP contribution in [0.15, 0.2) is 99.9 Å². The standard InChI is InChI=1S/C28H38N2O3/c1-10-24-19-25(23(13-17-31-7)18-26(33-9)22(4)32-8)27(21(3)28(24,5)6)20(2)12-16-30-15-11-14-29/h10-19,24,29H,1H2,2-9H3/b15-11+,17-13+,20-12+,23-18+,26-22-,29-14?,30-16+. The summed E-state index contributed by atoms with van der Waals surface area (Å²) in [4.78, 5) is 4.22. The minimum absolute atomic E-state index is 0.106. The van der Waals surface area contributed by atoms with Crippen molar-refractivity contribution in [1.29, 1.82) is 5.41 Å². The second-order valence-corrected chi connectivity index (χ2v) is 8.19. The largest absolute Gasteiger partial charge is 0.504 e. The summed E-state index contributed by atoms with van der Waals surface area (Å²) in [5.74, 6) is 1.45. The fraction of sp³-hybridized carbons (Fsp3) is 0.357. The van der Waals surface area contributed by atoms with Crippen molar-refractivity contribution in [3.05, 3.63) is 94.9 Å². The van der Waals surface area contributed by atoms with Crippen LogP contribution in [-0.4, -0.2) is 33.8 Å². The fourth-order valence-electron chi connectivity index (χ4n) is 3.64. The molecule has 0 aromatic rings. The lowest BCUT2D eigenvalue weighted by atomic mass is 9.65. The summed E-state index contributed by atoms with van der Waals surface area (Å²) in [6.07, 6.45) is 17.9. The second-order valence-electron chi connectivity index (χ2n) is 8.19. The Balaban J connectivity index is 3.84. The van der Waals surface area contributed by atoms with Gasteiger partial charge in [-0.3, -0.25) is 4.99 Å². The van der Waals surface area contributed by atoms with E-state index >= 15 is 0 Å². The van der Waals surface area contributed by atoms with Gasteiger partial charge in [-0.25, -0.2) is 0 Å². The lowest BCUT2D eigenvalue weighted by Gasteiger charge is -2.39. The zero-order valence-corrected chi connectivity index (χ0v) is 21.2. The van der Waals surface area contributed by atoms with E-state index in [1.165, 1.54) is 11.8 Å². The van der Waals surface area contributed by atoms with Crippen molar-refractivity contribution in [3.63, 3.8) is 0 Å². The minimum Gasteiger partial charge on any atom is -0.504 e. The highest BCUT2D eigenvalue weighted by molar-refractivity contribution is 5.77. The van der Waals surface area contributed by atoms with Crippen LogP contribution in [0.4, 0.5) is 0 Å². The van der Waals surface area contributed by atoms with Gasteiger partial charge in [-0.1, -0.05) is 31.6 Å². The first-order valence-electron chi connectivity index (χ1n) is 10.8. The quantitative estimate of drug-likeness (QED) is 0.162. The number of methoxy groups -OCH3 is 3. The molecule has 5 heteroatoms. The van der Waals surface area contributed by atoms with Gasteiger partial charge in [0.15, 0.2) is 5.76 Å². The van der Waals surface area contributed by atoms with Crippen molar-refractivity contribution in [2.24, 2.45) is 16.3 Å². The molecule has 1 aliphatic carbocycles. The Kier molecular flexibility index (Phi) is 11.1. The predicted molar refractivity (Wildman–Crippen MR) is 139 cm³/mol. The van der Waals surface area contributed by atoms with E-state index in [-0.39, 0.29) is 11.3 Å². The lowest BCUT2D eigenvalue weighted by Crippen LogP contribution is -2.28. The molecule has 0 aliphatic heterocycles. The Labute approximate surface area is 199 Å². The number of allylic oxidation sites excluding steroid dienone is 12. The summed E-state index contributed by atoms with van der Waals surface area (Å²) >= 11 is 0. The summed E-state index contributed by atoms with van der Waals surface area (Å²) in [5, 5.41) is 7.07. The highest BCUT2D eigenvalue weighted by Gasteiger charge is 2.35. The third-order valence-corrected chi connectivity index (χ3v) is 5.97. The van der Waals surface area contributed by atoms with Crippen LogP contribution in [0.5, 0.6) is 0 Å². The Morgan fingerprint density at radius 3 is 2.42 bits per heavy atom. The highest BCUT2D eigenvalue weighted by atomic mass is 16.5. The van der Waals surface area contributed by atoms with Crippen molar-refractivity contribution in [2.75, 3.05) is 21.3 Å². The van der Waals surface area contributed by atoms with Crippen molar-refractivity contribution < 1.29 is 14.2 Å². The van der Waals surface area contributed by atoms with E-state index in [1.54, 1.807) is 46.1 Å². The zero-order valence-electron chi connectivity index (χ0n) is 21.2. The fourth-order valence-corrected chi connectivity index (χ4v) is 3.64. The topological polar surface area (TPSA) is 63.9 Å². The molecule has 1 atom stereocenters. The molecule has 1 rings (SSSR count). The number of ether oxygens (including phenoxy) is 3. The SMILES string of the molecule is C=CC1C=C(C(/C=C/OC)=C/C(OC)=C(\C)OC)C(/C(C)=C/C=N/C=C/C=N)=C(C)C1(C)C. The maximum absolute atomic E-state index is 7.07. The van der Waals surface area contributed by atoms with E-state index < -0.39 is 0 Å². The van der Waals surface area contributed by atoms with Crippen molar-refractivity contribution >= 4 is 12.4 Å². The molecule has 0 fully saturated rings. The Hall–Kier alpha value is -3.34. The van der Waals surface area contributed by atoms with E-state index in [1.807, 2.05) is 31.2 Å². The van der Waals surface area contributed by atoms with Crippen LogP contribution in [0, 0.1) is 16.7 Å². The van der Waals surface area contributed by atoms with Crippen LogP contribution in [0.3, 0.4) is 0 Å². The van der Waals surface area contributed by atoms with Gasteiger partial charge in [-0.15, -0.1) is 6.58 Å². The molecule has 5 nitrogen and oxygen atoms in total. The average molecular weight is 451 g/mol. The van der Waals surface area contributed by atoms with Crippen LogP contribution in [0.25, 0.3) is 0 Å². The van der Waals surface area contributed by atoms with Crippen LogP contribution in [-0.2, 0) is 14.2 Å². The molecular formula is C28H38N2O3. The number of nitrogens with one attached hydrogen (secondary N) is 1. The Morgan fingerprint density at radius 2 is 1.88 bits per heavy atom. The number of hydrogen-bond acceptors (Lipinski definition) is 5. The summed E-state index contributed by atoms with van der Waals surface area (Å²) in [5.41, 5.74) is 5.34. The summed E-state index contributed by atoms with van der Waals surface area (Å²) in [7, 11) is 4.87. The third-order valence-electron chi connectivity index (χ3n) is 5.97. The molecule has 0 heterocycles. The van der Waals surface area contributed by atoms with Gasteiger partial charge in [0, 0.05) is 24.5 Å². The van der Waals surface area contributed by atoms with Crippen LogP contribution >= 0.6 is 0 Å². The second kappa shape index (κ2) is 13.3. The first-order chi connectivity index (χ1) is 15.7. The van der Waals surface area contributed by atoms with Crippen molar-refractivity contribution in [1.82, 2.24) is 0 Å². The van der Waals surface area contributed by atoms with Gasteiger partial charge in [0.05, 0.1) is 27.6 Å². The lowest BCUT2D eigenvalue weighted by molar-refractivity contribution is 0.232. The number of rotatable bonds is 11. The molecule has 178 valence electrons. The maximum atomic E-state index is 7.07. The summed E-state index contributed by atoms with van der Waals surface area (Å²) < 4.78 is 16.3. The summed E-state index contributed by atoms with van der Waals surface area (Å²) in [6.45, 7) is 14.7. The number of nitrogens with zero attached hydrogens (tertiary/aromatic N) is 1. The van der Waals surface area contributed by atoms with E-state index in [9.17, 15) is 0 Å². The van der Waals surface area contributed by atoms with Crippen LogP contribution in [0.1, 0.15) is 34.6 Å². The van der Waals surface area contributed by atoms with Gasteiger partial charge in [0.25, 0.3) is 0 Å². The Morgan fingerprint density at radius 1 is 1.18 bits per heavy atom. The van der Waals surface area contributed by atoms with Gasteiger partial charge < -0.3 is 19.6 Å². The van der Waals surface area contributed by atoms with E-state index in [0.717, 1.165) is 22.3 Å². The monoisotopic (exact) mass is 450 g/mol. The number of hydrogen-bond donors (Lipinski definition) is 1. The molecule has 0 bridgehead atoms. The molecule has 0 aromatic heterocycles. The zero-order chi connectivity index (χ0) is 25.0. The average Bonchev–Trinajstić information content (AvgIpc) is 2.80. The molecule has 0 saturated heterocycles. The molecule has 1 N–H and O–H groups in total. The highest BCUT2D eigenvalue weighted by Crippen LogP contribution is 2.47. The molecule has 0 radical (unpaired) electrons. The number of aliphatic imine (C=N–C) groups is 1. The molecule has 0 saturated carbocycles. The summed E-state index contributed by atoms with van der Waals surface area (Å²) in [6, 6.07) is 0. The van der Waals surface area contributed by atoms with E-state index in [2.05, 4.69) is 45.3 Å². The van der Waals surface area contributed by atoms with E-state index in [4.69, 9.17) is 19.6 Å². The molecule has 0 aromatic carbocycles. The minimum atomic E-state index is -0.106. The molecule has 33 heavy (non-hydrogen) atoms. The van der Waals surface area contributed by atoms with Gasteiger partial charge >= 0.3 is 0 Å². The first kappa shape index (κ1) is 27.7. The molecule has 0 spiro atoms. The van der Waals surface area contributed by atoms with Gasteiger partial charge in [0.1, 0.15) is 5.76 Å². The van der Waals surface area contributed by atoms with Crippen LogP contribution in [0.2, 0.25) is 0 Å². The van der Waals surface area contributed by atoms with Crippen molar-refractivity contribution in [3.8, 4) is 0 Å². The van der Waals surface area contributed by atoms with Gasteiger partial charge in [-0.2, -0.15) is 0 Å². The third kappa shape index (κ3) is 7.07. The predicted octanol–water partition coefficient (Wildman–Crippen LogP) is 6.86. The molecule has 1 unspecified atom stereocenters. The molecule has 1 aliphatic rings. The van der Waals surface area contributed by atoms with Crippen molar-refractivity contribution in [2.45, 2.75) is 34.6 Å². The molecule has 0 amide bonds. The normalized spacial score (nSPS) is 20.2. The van der Waals surface area contributed by atoms with Gasteiger partial charge in [-0.05, 0) is 72.8 Å². The molecular weight excluding hydrogens is 412 g/mol. The Bertz CT molecular complexity index is 967. The van der Waals surface area contributed by atoms with Gasteiger partial charge in [0.2, 0.25) is 0 Å².